The summed E-state index contributed by atoms with van der Waals surface area (Å²) in [6.45, 7) is 1.70. The van der Waals surface area contributed by atoms with E-state index in [4.69, 9.17) is 0 Å². The van der Waals surface area contributed by atoms with Crippen LogP contribution in [0.4, 0.5) is 23.7 Å². The van der Waals surface area contributed by atoms with E-state index < -0.39 is 53.6 Å². The molecule has 3 aromatic rings. The smallest absolute Gasteiger partial charge is 0.505 e. The van der Waals surface area contributed by atoms with Gasteiger partial charge >= 0.3 is 18.4 Å². The Bertz CT molecular complexity index is 1350. The van der Waals surface area contributed by atoms with Gasteiger partial charge in [-0.2, -0.15) is 0 Å². The number of pyridine rings is 1. The Balaban J connectivity index is 1.92. The lowest BCUT2D eigenvalue weighted by Crippen LogP contribution is -2.36. The van der Waals surface area contributed by atoms with E-state index in [1.807, 2.05) is 0 Å². The minimum Gasteiger partial charge on any atom is -0.505 e. The van der Waals surface area contributed by atoms with Crippen molar-refractivity contribution in [2.75, 3.05) is 5.32 Å². The van der Waals surface area contributed by atoms with E-state index in [1.165, 1.54) is 37.5 Å². The number of aryl methyl sites for hydroxylation is 2. The van der Waals surface area contributed by atoms with Crippen LogP contribution in [0.5, 0.6) is 11.5 Å². The third-order valence-corrected chi connectivity index (χ3v) is 5.07. The molecule has 4 N–H and O–H groups in total. The number of alkyl halides is 3. The summed E-state index contributed by atoms with van der Waals surface area (Å²) >= 11 is 0. The van der Waals surface area contributed by atoms with Gasteiger partial charge in [0.25, 0.3) is 5.56 Å². The summed E-state index contributed by atoms with van der Waals surface area (Å²) in [5, 5.41) is 24.0. The van der Waals surface area contributed by atoms with Crippen LogP contribution in [-0.4, -0.2) is 33.1 Å². The zero-order valence-electron chi connectivity index (χ0n) is 19.1. The molecule has 3 rings (SSSR count). The molecule has 0 spiro atoms. The Kier molecular flexibility index (Phi) is 7.56. The van der Waals surface area contributed by atoms with Crippen molar-refractivity contribution in [3.8, 4) is 22.6 Å². The average molecular weight is 505 g/mol. The summed E-state index contributed by atoms with van der Waals surface area (Å²) < 4.78 is 43.0. The number of hydrogen-bond acceptors (Lipinski definition) is 5. The fourth-order valence-corrected chi connectivity index (χ4v) is 3.52. The van der Waals surface area contributed by atoms with Crippen molar-refractivity contribution >= 4 is 17.7 Å². The molecule has 0 saturated heterocycles. The van der Waals surface area contributed by atoms with Crippen molar-refractivity contribution in [2.24, 2.45) is 7.05 Å². The van der Waals surface area contributed by atoms with Crippen molar-refractivity contribution in [3.05, 3.63) is 76.2 Å². The number of carbonyl (C=O) groups excluding carboxylic acids is 1. The minimum absolute atomic E-state index is 0.356. The van der Waals surface area contributed by atoms with E-state index in [0.717, 1.165) is 10.6 Å². The maximum Gasteiger partial charge on any atom is 0.573 e. The molecular formula is C24H22F3N3O6. The van der Waals surface area contributed by atoms with E-state index in [-0.39, 0.29) is 0 Å². The van der Waals surface area contributed by atoms with Crippen LogP contribution >= 0.6 is 0 Å². The number of benzene rings is 2. The first kappa shape index (κ1) is 26.1. The Morgan fingerprint density at radius 1 is 1.11 bits per heavy atom. The zero-order valence-corrected chi connectivity index (χ0v) is 19.1. The van der Waals surface area contributed by atoms with E-state index >= 15 is 0 Å². The summed E-state index contributed by atoms with van der Waals surface area (Å²) in [6.07, 6.45) is -4.10. The predicted octanol–water partition coefficient (Wildman–Crippen LogP) is 4.30. The number of aromatic hydroxyl groups is 1. The molecule has 2 amide bonds. The van der Waals surface area contributed by atoms with Gasteiger partial charge in [-0.25, -0.2) is 4.79 Å². The van der Waals surface area contributed by atoms with Gasteiger partial charge in [0.2, 0.25) is 0 Å². The summed E-state index contributed by atoms with van der Waals surface area (Å²) in [6, 6.07) is 9.29. The van der Waals surface area contributed by atoms with Crippen molar-refractivity contribution in [1.82, 2.24) is 9.88 Å². The van der Waals surface area contributed by atoms with E-state index in [0.29, 0.717) is 22.3 Å². The fourth-order valence-electron chi connectivity index (χ4n) is 3.52. The van der Waals surface area contributed by atoms with E-state index in [9.17, 15) is 37.8 Å². The first-order valence-corrected chi connectivity index (χ1v) is 10.5. The second-order valence-corrected chi connectivity index (χ2v) is 7.95. The Hall–Kier alpha value is -4.48. The van der Waals surface area contributed by atoms with Crippen LogP contribution in [0.15, 0.2) is 59.5 Å². The lowest BCUT2D eigenvalue weighted by Gasteiger charge is -2.20. The van der Waals surface area contributed by atoms with Crippen LogP contribution in [0, 0.1) is 6.92 Å². The fraction of sp³-hybridized carbons (Fsp3) is 0.208. The molecule has 0 fully saturated rings. The molecule has 0 bridgehead atoms. The average Bonchev–Trinajstić information content (AvgIpc) is 2.77. The van der Waals surface area contributed by atoms with Gasteiger partial charge in [0.15, 0.2) is 5.69 Å². The lowest BCUT2D eigenvalue weighted by molar-refractivity contribution is -0.274. The number of urea groups is 1. The molecule has 1 unspecified atom stereocenters. The largest absolute Gasteiger partial charge is 0.573 e. The molecular weight excluding hydrogens is 483 g/mol. The molecule has 9 nitrogen and oxygen atoms in total. The van der Waals surface area contributed by atoms with Gasteiger partial charge in [-0.1, -0.05) is 29.8 Å². The molecule has 2 aromatic carbocycles. The van der Waals surface area contributed by atoms with Gasteiger partial charge in [0.05, 0.1) is 12.5 Å². The highest BCUT2D eigenvalue weighted by Gasteiger charge is 2.31. The highest BCUT2D eigenvalue weighted by Crippen LogP contribution is 2.31. The number of hydrogen-bond donors (Lipinski definition) is 4. The number of carbonyl (C=O) groups is 2. The zero-order chi connectivity index (χ0) is 26.6. The first-order valence-electron chi connectivity index (χ1n) is 10.5. The molecule has 12 heteroatoms. The highest BCUT2D eigenvalue weighted by atomic mass is 19.4. The van der Waals surface area contributed by atoms with E-state index in [2.05, 4.69) is 15.4 Å². The molecule has 36 heavy (non-hydrogen) atoms. The molecule has 0 saturated carbocycles. The standard InChI is InChI=1S/C24H22F3N3O6/c1-13-8-15(14-4-3-5-17(11-14)36-24(25,26)27)10-16(9-13)18(12-20(32)33)28-23(35)29-21-19(31)6-7-30(2)22(21)34/h3-11,18,31H,12H2,1-2H3,(H,32,33)(H2,28,29,35). The number of halogens is 3. The van der Waals surface area contributed by atoms with Gasteiger partial charge in [0, 0.05) is 13.2 Å². The third kappa shape index (κ3) is 6.78. The SMILES string of the molecule is Cc1cc(-c2cccc(OC(F)(F)F)c2)cc(C(CC(=O)O)NC(=O)Nc2c(O)ccn(C)c2=O)c1. The Morgan fingerprint density at radius 2 is 1.83 bits per heavy atom. The van der Waals surface area contributed by atoms with Gasteiger partial charge in [0.1, 0.15) is 11.5 Å². The topological polar surface area (TPSA) is 130 Å². The number of nitrogens with one attached hydrogen (secondary N) is 2. The molecule has 190 valence electrons. The van der Waals surface area contributed by atoms with Crippen LogP contribution < -0.4 is 20.9 Å². The Morgan fingerprint density at radius 3 is 2.50 bits per heavy atom. The van der Waals surface area contributed by atoms with Crippen LogP contribution in [0.2, 0.25) is 0 Å². The number of nitrogens with zero attached hydrogens (tertiary/aromatic N) is 1. The second-order valence-electron chi connectivity index (χ2n) is 7.95. The number of carboxylic acid groups (broad SMARTS) is 1. The normalized spacial score (nSPS) is 12.0. The van der Waals surface area contributed by atoms with Gasteiger partial charge < -0.3 is 30.2 Å². The monoisotopic (exact) mass is 505 g/mol. The summed E-state index contributed by atoms with van der Waals surface area (Å²) in [5.41, 5.74) is 0.770. The van der Waals surface area contributed by atoms with Gasteiger partial charge in [-0.15, -0.1) is 13.2 Å². The van der Waals surface area contributed by atoms with Crippen LogP contribution in [-0.2, 0) is 11.8 Å². The molecule has 1 aromatic heterocycles. The Labute approximate surface area is 202 Å². The van der Waals surface area contributed by atoms with Crippen LogP contribution in [0.3, 0.4) is 0 Å². The maximum absolute atomic E-state index is 12.6. The highest BCUT2D eigenvalue weighted by molar-refractivity contribution is 5.91. The molecule has 0 aliphatic carbocycles. The first-order chi connectivity index (χ1) is 16.8. The summed E-state index contributed by atoms with van der Waals surface area (Å²) in [5.74, 6) is -2.13. The van der Waals surface area contributed by atoms with Crippen molar-refractivity contribution in [1.29, 1.82) is 0 Å². The predicted molar refractivity (Wildman–Crippen MR) is 124 cm³/mol. The van der Waals surface area contributed by atoms with Gasteiger partial charge in [-0.3, -0.25) is 9.59 Å². The number of carboxylic acids is 1. The minimum atomic E-state index is -4.87. The van der Waals surface area contributed by atoms with Crippen LogP contribution in [0.1, 0.15) is 23.6 Å². The lowest BCUT2D eigenvalue weighted by atomic mass is 9.95. The summed E-state index contributed by atoms with van der Waals surface area (Å²) in [7, 11) is 1.42. The maximum atomic E-state index is 12.6. The number of aliphatic carboxylic acids is 1. The van der Waals surface area contributed by atoms with Gasteiger partial charge in [-0.05, 0) is 47.9 Å². The number of anilines is 1. The number of amides is 2. The molecule has 1 heterocycles. The van der Waals surface area contributed by atoms with Crippen LogP contribution in [0.25, 0.3) is 11.1 Å². The number of ether oxygens (including phenoxy) is 1. The van der Waals surface area contributed by atoms with Crippen molar-refractivity contribution < 1.29 is 37.7 Å². The molecule has 0 aliphatic heterocycles. The second kappa shape index (κ2) is 10.4. The third-order valence-electron chi connectivity index (χ3n) is 5.07. The number of aromatic nitrogens is 1. The quantitative estimate of drug-likeness (QED) is 0.379. The summed E-state index contributed by atoms with van der Waals surface area (Å²) in [4.78, 5) is 36.3. The molecule has 0 radical (unpaired) electrons. The van der Waals surface area contributed by atoms with Crippen molar-refractivity contribution in [2.45, 2.75) is 25.7 Å². The molecule has 0 aliphatic rings. The van der Waals surface area contributed by atoms with E-state index in [1.54, 1.807) is 25.1 Å². The number of rotatable bonds is 7. The van der Waals surface area contributed by atoms with Crippen molar-refractivity contribution in [3.63, 3.8) is 0 Å². The molecule has 1 atom stereocenters.